The van der Waals surface area contributed by atoms with Gasteiger partial charge in [0.15, 0.2) is 5.43 Å². The molecule has 32 heavy (non-hydrogen) atoms. The van der Waals surface area contributed by atoms with Gasteiger partial charge in [-0.05, 0) is 45.7 Å². The smallest absolute Gasteiger partial charge is 0.444 e. The molecule has 2 aliphatic heterocycles. The molecule has 1 N–H and O–H groups in total. The van der Waals surface area contributed by atoms with E-state index in [2.05, 4.69) is 0 Å². The molecule has 1 aromatic carbocycles. The van der Waals surface area contributed by atoms with Gasteiger partial charge in [-0.1, -0.05) is 0 Å². The number of anilines is 1. The van der Waals surface area contributed by atoms with E-state index in [1.807, 2.05) is 30.2 Å². The zero-order chi connectivity index (χ0) is 22.8. The van der Waals surface area contributed by atoms with E-state index in [1.54, 1.807) is 11.0 Å². The molecule has 0 unspecified atom stereocenters. The van der Waals surface area contributed by atoms with E-state index in [0.29, 0.717) is 43.1 Å². The fraction of sp³-hybridized carbons (Fsp3) is 0.545. The average molecular weight is 443 g/mol. The number of pyridine rings is 1. The lowest BCUT2D eigenvalue weighted by molar-refractivity contribution is 0.0240. The average Bonchev–Trinajstić information content (AvgIpc) is 3.49. The standard InChI is InChI=1S/C22H27BFN3O5/c1-22(2,3)32-21(29)26-8-6-25(7-9-26)17-11-16-14(10-15(17)24)20(28)19-18(12-31-23(19)30)27(16)13-4-5-13/h10-11,13,30H,4-9,12H2,1-3H3. The zero-order valence-electron chi connectivity index (χ0n) is 18.6. The summed E-state index contributed by atoms with van der Waals surface area (Å²) in [6.07, 6.45) is 1.58. The molecule has 3 aliphatic rings. The normalized spacial score (nSPS) is 19.0. The number of ether oxygens (including phenoxy) is 1. The first-order valence-electron chi connectivity index (χ1n) is 11.1. The van der Waals surface area contributed by atoms with Gasteiger partial charge in [0.2, 0.25) is 0 Å². The van der Waals surface area contributed by atoms with Crippen molar-refractivity contribution >= 4 is 35.3 Å². The maximum atomic E-state index is 15.2. The van der Waals surface area contributed by atoms with Crippen molar-refractivity contribution in [3.05, 3.63) is 33.9 Å². The van der Waals surface area contributed by atoms with Crippen LogP contribution in [0.4, 0.5) is 14.9 Å². The molecule has 1 amide bonds. The van der Waals surface area contributed by atoms with Crippen LogP contribution in [-0.2, 0) is 16.0 Å². The highest BCUT2D eigenvalue weighted by molar-refractivity contribution is 6.61. The number of hydrogen-bond acceptors (Lipinski definition) is 6. The van der Waals surface area contributed by atoms with Crippen LogP contribution in [0.25, 0.3) is 10.9 Å². The fourth-order valence-electron chi connectivity index (χ4n) is 4.58. The highest BCUT2D eigenvalue weighted by Crippen LogP contribution is 2.39. The van der Waals surface area contributed by atoms with Crippen LogP contribution in [0.3, 0.4) is 0 Å². The summed E-state index contributed by atoms with van der Waals surface area (Å²) in [4.78, 5) is 28.9. The molecular formula is C22H27BFN3O5. The lowest BCUT2D eigenvalue weighted by atomic mass is 9.79. The second-order valence-corrected chi connectivity index (χ2v) is 9.73. The molecule has 2 aromatic rings. The second kappa shape index (κ2) is 7.49. The summed E-state index contributed by atoms with van der Waals surface area (Å²) in [6.45, 7) is 7.41. The minimum Gasteiger partial charge on any atom is -0.444 e. The third-order valence-electron chi connectivity index (χ3n) is 6.22. The highest BCUT2D eigenvalue weighted by Gasteiger charge is 2.38. The Kier molecular flexibility index (Phi) is 4.98. The zero-order valence-corrected chi connectivity index (χ0v) is 18.6. The van der Waals surface area contributed by atoms with Gasteiger partial charge < -0.3 is 28.8 Å². The Morgan fingerprint density at radius 2 is 1.91 bits per heavy atom. The number of amides is 1. The topological polar surface area (TPSA) is 84.2 Å². The van der Waals surface area contributed by atoms with Gasteiger partial charge in [0, 0.05) is 43.3 Å². The van der Waals surface area contributed by atoms with Crippen LogP contribution in [0, 0.1) is 5.82 Å². The molecule has 0 spiro atoms. The molecule has 0 bridgehead atoms. The van der Waals surface area contributed by atoms with Gasteiger partial charge in [-0.3, -0.25) is 4.79 Å². The van der Waals surface area contributed by atoms with Crippen molar-refractivity contribution < 1.29 is 23.6 Å². The minimum absolute atomic E-state index is 0.166. The van der Waals surface area contributed by atoms with E-state index in [4.69, 9.17) is 9.39 Å². The summed E-state index contributed by atoms with van der Waals surface area (Å²) in [5.74, 6) is -0.490. The Hall–Kier alpha value is -2.59. The van der Waals surface area contributed by atoms with Crippen molar-refractivity contribution in [3.8, 4) is 0 Å². The molecule has 1 aromatic heterocycles. The number of fused-ring (bicyclic) bond motifs is 2. The Labute approximate surface area is 185 Å². The number of rotatable bonds is 2. The predicted molar refractivity (Wildman–Crippen MR) is 119 cm³/mol. The van der Waals surface area contributed by atoms with Crippen LogP contribution in [-0.4, -0.2) is 59.5 Å². The van der Waals surface area contributed by atoms with Crippen molar-refractivity contribution in [2.24, 2.45) is 0 Å². The van der Waals surface area contributed by atoms with E-state index in [9.17, 15) is 14.6 Å². The first-order valence-corrected chi connectivity index (χ1v) is 11.1. The fourth-order valence-corrected chi connectivity index (χ4v) is 4.58. The molecule has 0 atom stereocenters. The van der Waals surface area contributed by atoms with Crippen LogP contribution >= 0.6 is 0 Å². The Morgan fingerprint density at radius 1 is 1.22 bits per heavy atom. The lowest BCUT2D eigenvalue weighted by Gasteiger charge is -2.37. The number of carbonyl (C=O) groups is 1. The maximum Gasteiger partial charge on any atom is 0.497 e. The number of carbonyl (C=O) groups excluding carboxylic acids is 1. The second-order valence-electron chi connectivity index (χ2n) is 9.73. The van der Waals surface area contributed by atoms with Crippen LogP contribution in [0.2, 0.25) is 0 Å². The summed E-state index contributed by atoms with van der Waals surface area (Å²) in [5, 5.41) is 10.4. The van der Waals surface area contributed by atoms with Gasteiger partial charge in [0.05, 0.1) is 23.3 Å². The van der Waals surface area contributed by atoms with E-state index in [-0.39, 0.29) is 35.0 Å². The molecular weight excluding hydrogens is 416 g/mol. The molecule has 1 saturated carbocycles. The third-order valence-corrected chi connectivity index (χ3v) is 6.22. The first kappa shape index (κ1) is 21.3. The van der Waals surface area contributed by atoms with Crippen LogP contribution in [0.15, 0.2) is 16.9 Å². The molecule has 170 valence electrons. The molecule has 8 nitrogen and oxygen atoms in total. The van der Waals surface area contributed by atoms with Crippen LogP contribution in [0.5, 0.6) is 0 Å². The third kappa shape index (κ3) is 3.65. The van der Waals surface area contributed by atoms with Crippen molar-refractivity contribution in [2.75, 3.05) is 31.1 Å². The monoisotopic (exact) mass is 443 g/mol. The van der Waals surface area contributed by atoms with E-state index in [1.165, 1.54) is 6.07 Å². The van der Waals surface area contributed by atoms with E-state index in [0.717, 1.165) is 12.8 Å². The number of nitrogens with zero attached hydrogens (tertiary/aromatic N) is 3. The van der Waals surface area contributed by atoms with Crippen LogP contribution in [0.1, 0.15) is 45.3 Å². The summed E-state index contributed by atoms with van der Waals surface area (Å²) in [5.41, 5.74) is 1.04. The number of halogens is 1. The number of benzene rings is 1. The molecule has 5 rings (SSSR count). The molecule has 3 heterocycles. The van der Waals surface area contributed by atoms with Gasteiger partial charge >= 0.3 is 13.2 Å². The molecule has 1 saturated heterocycles. The van der Waals surface area contributed by atoms with Gasteiger partial charge in [-0.2, -0.15) is 0 Å². The van der Waals surface area contributed by atoms with E-state index < -0.39 is 18.5 Å². The van der Waals surface area contributed by atoms with Crippen LogP contribution < -0.4 is 15.8 Å². The van der Waals surface area contributed by atoms with Crippen molar-refractivity contribution in [1.82, 2.24) is 9.47 Å². The van der Waals surface area contributed by atoms with Gasteiger partial charge in [0.1, 0.15) is 11.4 Å². The van der Waals surface area contributed by atoms with Crippen molar-refractivity contribution in [2.45, 2.75) is 51.9 Å². The summed E-state index contributed by atoms with van der Waals surface area (Å²) in [7, 11) is -1.27. The largest absolute Gasteiger partial charge is 0.497 e. The SMILES string of the molecule is CC(C)(C)OC(=O)N1CCN(c2cc3c(cc2F)c(=O)c2c(n3C3CC3)COB2O)CC1. The van der Waals surface area contributed by atoms with E-state index >= 15 is 4.39 Å². The van der Waals surface area contributed by atoms with Crippen molar-refractivity contribution in [1.29, 1.82) is 0 Å². The molecule has 1 aliphatic carbocycles. The number of piperazine rings is 1. The molecule has 2 fully saturated rings. The highest BCUT2D eigenvalue weighted by atomic mass is 19.1. The number of hydrogen-bond donors (Lipinski definition) is 1. The Bertz CT molecular complexity index is 1150. The van der Waals surface area contributed by atoms with Crippen molar-refractivity contribution in [3.63, 3.8) is 0 Å². The minimum atomic E-state index is -1.27. The first-order chi connectivity index (χ1) is 15.1. The van der Waals surface area contributed by atoms with Gasteiger partial charge in [-0.25, -0.2) is 9.18 Å². The maximum absolute atomic E-state index is 15.2. The molecule has 10 heteroatoms. The molecule has 0 radical (unpaired) electrons. The summed E-state index contributed by atoms with van der Waals surface area (Å²) >= 11 is 0. The lowest BCUT2D eigenvalue weighted by Crippen LogP contribution is -2.50. The predicted octanol–water partition coefficient (Wildman–Crippen LogP) is 1.75. The number of aromatic nitrogens is 1. The summed E-state index contributed by atoms with van der Waals surface area (Å²) in [6, 6.07) is 3.23. The summed E-state index contributed by atoms with van der Waals surface area (Å²) < 4.78 is 28.0. The van der Waals surface area contributed by atoms with Gasteiger partial charge in [-0.15, -0.1) is 0 Å². The van der Waals surface area contributed by atoms with Gasteiger partial charge in [0.25, 0.3) is 0 Å². The Balaban J connectivity index is 1.48. The Morgan fingerprint density at radius 3 is 2.53 bits per heavy atom. The quantitative estimate of drug-likeness (QED) is 0.713.